The first-order valence-corrected chi connectivity index (χ1v) is 6.76. The summed E-state index contributed by atoms with van der Waals surface area (Å²) in [4.78, 5) is 0. The van der Waals surface area contributed by atoms with Crippen molar-refractivity contribution in [2.45, 2.75) is 19.6 Å². The molecule has 2 N–H and O–H groups in total. The molecule has 0 aliphatic heterocycles. The lowest BCUT2D eigenvalue weighted by Crippen LogP contribution is -2.06. The molecule has 2 aromatic rings. The van der Waals surface area contributed by atoms with E-state index in [1.165, 1.54) is 11.1 Å². The van der Waals surface area contributed by atoms with Gasteiger partial charge in [-0.05, 0) is 41.8 Å². The van der Waals surface area contributed by atoms with E-state index in [0.29, 0.717) is 19.8 Å². The summed E-state index contributed by atoms with van der Waals surface area (Å²) in [7, 11) is 0. The third-order valence-electron chi connectivity index (χ3n) is 2.97. The lowest BCUT2D eigenvalue weighted by molar-refractivity contribution is 0.106. The van der Waals surface area contributed by atoms with E-state index < -0.39 is 0 Å². The van der Waals surface area contributed by atoms with Crippen molar-refractivity contribution in [1.29, 1.82) is 0 Å². The van der Waals surface area contributed by atoms with Gasteiger partial charge in [-0.1, -0.05) is 48.0 Å². The molecule has 0 unspecified atom stereocenters. The van der Waals surface area contributed by atoms with Crippen molar-refractivity contribution >= 4 is 11.6 Å². The number of nitrogens with two attached hydrogens (primary N) is 1. The molecule has 0 spiro atoms. The summed E-state index contributed by atoms with van der Waals surface area (Å²) < 4.78 is 5.75. The molecule has 0 fully saturated rings. The summed E-state index contributed by atoms with van der Waals surface area (Å²) in [5, 5.41) is 0.747. The molecule has 0 radical (unpaired) electrons. The fourth-order valence-electron chi connectivity index (χ4n) is 1.96. The molecule has 2 aromatic carbocycles. The van der Waals surface area contributed by atoms with Crippen molar-refractivity contribution in [3.8, 4) is 0 Å². The van der Waals surface area contributed by atoms with Gasteiger partial charge in [-0.3, -0.25) is 0 Å². The standard InChI is InChI=1S/C16H18ClNO/c17-16-7-5-13(6-8-16)11-19-12-15-4-2-1-3-14(15)9-10-18/h1-8H,9-12,18H2. The Bertz CT molecular complexity index is 510. The van der Waals surface area contributed by atoms with Crippen molar-refractivity contribution in [3.63, 3.8) is 0 Å². The van der Waals surface area contributed by atoms with E-state index >= 15 is 0 Å². The average molecular weight is 276 g/mol. The smallest absolute Gasteiger partial charge is 0.0724 e. The van der Waals surface area contributed by atoms with Crippen molar-refractivity contribution < 1.29 is 4.74 Å². The summed E-state index contributed by atoms with van der Waals surface area (Å²) >= 11 is 5.84. The van der Waals surface area contributed by atoms with Gasteiger partial charge in [-0.25, -0.2) is 0 Å². The Kier molecular flexibility index (Phi) is 5.40. The highest BCUT2D eigenvalue weighted by Gasteiger charge is 2.01. The minimum atomic E-state index is 0.591. The Morgan fingerprint density at radius 2 is 1.58 bits per heavy atom. The van der Waals surface area contributed by atoms with Crippen molar-refractivity contribution in [2.24, 2.45) is 5.73 Å². The molecule has 0 aliphatic rings. The van der Waals surface area contributed by atoms with Crippen LogP contribution >= 0.6 is 11.6 Å². The van der Waals surface area contributed by atoms with E-state index in [1.54, 1.807) is 0 Å². The third kappa shape index (κ3) is 4.35. The maximum atomic E-state index is 5.84. The van der Waals surface area contributed by atoms with E-state index in [-0.39, 0.29) is 0 Å². The fraction of sp³-hybridized carbons (Fsp3) is 0.250. The molecule has 19 heavy (non-hydrogen) atoms. The second kappa shape index (κ2) is 7.29. The molecular weight excluding hydrogens is 258 g/mol. The highest BCUT2D eigenvalue weighted by molar-refractivity contribution is 6.30. The van der Waals surface area contributed by atoms with Crippen LogP contribution in [0.15, 0.2) is 48.5 Å². The SMILES string of the molecule is NCCc1ccccc1COCc1ccc(Cl)cc1. The monoisotopic (exact) mass is 275 g/mol. The summed E-state index contributed by atoms with van der Waals surface area (Å²) in [6.45, 7) is 1.86. The van der Waals surface area contributed by atoms with Gasteiger partial charge in [0.25, 0.3) is 0 Å². The molecule has 0 amide bonds. The highest BCUT2D eigenvalue weighted by Crippen LogP contribution is 2.13. The Morgan fingerprint density at radius 3 is 2.26 bits per heavy atom. The number of halogens is 1. The van der Waals surface area contributed by atoms with Crippen LogP contribution < -0.4 is 5.73 Å². The van der Waals surface area contributed by atoms with Crippen LogP contribution in [0.3, 0.4) is 0 Å². The van der Waals surface area contributed by atoms with Crippen LogP contribution in [-0.2, 0) is 24.4 Å². The van der Waals surface area contributed by atoms with Crippen molar-refractivity contribution in [3.05, 3.63) is 70.2 Å². The topological polar surface area (TPSA) is 35.2 Å². The Labute approximate surface area is 119 Å². The van der Waals surface area contributed by atoms with Gasteiger partial charge in [0.15, 0.2) is 0 Å². The fourth-order valence-corrected chi connectivity index (χ4v) is 2.08. The highest BCUT2D eigenvalue weighted by atomic mass is 35.5. The van der Waals surface area contributed by atoms with Crippen molar-refractivity contribution in [2.75, 3.05) is 6.54 Å². The second-order valence-corrected chi connectivity index (χ2v) is 4.86. The minimum absolute atomic E-state index is 0.591. The lowest BCUT2D eigenvalue weighted by Gasteiger charge is -2.09. The summed E-state index contributed by atoms with van der Waals surface area (Å²) in [5.74, 6) is 0. The molecule has 0 aromatic heterocycles. The zero-order valence-corrected chi connectivity index (χ0v) is 11.6. The van der Waals surface area contributed by atoms with Crippen LogP contribution in [-0.4, -0.2) is 6.54 Å². The third-order valence-corrected chi connectivity index (χ3v) is 3.22. The van der Waals surface area contributed by atoms with Gasteiger partial charge in [0.1, 0.15) is 0 Å². The number of rotatable bonds is 6. The Morgan fingerprint density at radius 1 is 0.895 bits per heavy atom. The van der Waals surface area contributed by atoms with Gasteiger partial charge in [0.2, 0.25) is 0 Å². The average Bonchev–Trinajstić information content (AvgIpc) is 2.43. The second-order valence-electron chi connectivity index (χ2n) is 4.43. The van der Waals surface area contributed by atoms with Gasteiger partial charge in [-0.15, -0.1) is 0 Å². The maximum Gasteiger partial charge on any atom is 0.0724 e. The van der Waals surface area contributed by atoms with Gasteiger partial charge in [0, 0.05) is 5.02 Å². The van der Waals surface area contributed by atoms with E-state index in [0.717, 1.165) is 17.0 Å². The quantitative estimate of drug-likeness (QED) is 0.875. The zero-order chi connectivity index (χ0) is 13.5. The van der Waals surface area contributed by atoms with Gasteiger partial charge >= 0.3 is 0 Å². The van der Waals surface area contributed by atoms with Gasteiger partial charge in [-0.2, -0.15) is 0 Å². The van der Waals surface area contributed by atoms with Crippen LogP contribution in [0.25, 0.3) is 0 Å². The normalized spacial score (nSPS) is 10.6. The molecule has 0 heterocycles. The van der Waals surface area contributed by atoms with E-state index in [4.69, 9.17) is 22.1 Å². The van der Waals surface area contributed by atoms with Crippen LogP contribution in [0.5, 0.6) is 0 Å². The van der Waals surface area contributed by atoms with Crippen molar-refractivity contribution in [1.82, 2.24) is 0 Å². The van der Waals surface area contributed by atoms with Crippen LogP contribution in [0, 0.1) is 0 Å². The Hall–Kier alpha value is -1.35. The van der Waals surface area contributed by atoms with Crippen LogP contribution in [0.2, 0.25) is 5.02 Å². The van der Waals surface area contributed by atoms with E-state index in [9.17, 15) is 0 Å². The summed E-state index contributed by atoms with van der Waals surface area (Å²) in [6.07, 6.45) is 0.889. The minimum Gasteiger partial charge on any atom is -0.372 e. The lowest BCUT2D eigenvalue weighted by atomic mass is 10.1. The largest absolute Gasteiger partial charge is 0.372 e. The van der Waals surface area contributed by atoms with E-state index in [1.807, 2.05) is 36.4 Å². The molecule has 0 aliphatic carbocycles. The predicted molar refractivity (Wildman–Crippen MR) is 79.1 cm³/mol. The number of benzene rings is 2. The first-order chi connectivity index (χ1) is 9.29. The maximum absolute atomic E-state index is 5.84. The Balaban J connectivity index is 1.90. The molecule has 0 saturated heterocycles. The molecule has 100 valence electrons. The predicted octanol–water partition coefficient (Wildman–Crippen LogP) is 3.56. The van der Waals surface area contributed by atoms with E-state index in [2.05, 4.69) is 12.1 Å². The summed E-state index contributed by atoms with van der Waals surface area (Å²) in [6, 6.07) is 16.0. The van der Waals surface area contributed by atoms with Gasteiger partial charge < -0.3 is 10.5 Å². The zero-order valence-electron chi connectivity index (χ0n) is 10.8. The molecular formula is C16H18ClNO. The molecule has 2 nitrogen and oxygen atoms in total. The van der Waals surface area contributed by atoms with Crippen LogP contribution in [0.1, 0.15) is 16.7 Å². The molecule has 2 rings (SSSR count). The number of hydrogen-bond donors (Lipinski definition) is 1. The van der Waals surface area contributed by atoms with Gasteiger partial charge in [0.05, 0.1) is 13.2 Å². The molecule has 0 bridgehead atoms. The molecule has 3 heteroatoms. The van der Waals surface area contributed by atoms with Crippen LogP contribution in [0.4, 0.5) is 0 Å². The summed E-state index contributed by atoms with van der Waals surface area (Å²) in [5.41, 5.74) is 9.21. The molecule has 0 saturated carbocycles. The number of ether oxygens (including phenoxy) is 1. The first kappa shape index (κ1) is 14.1. The number of hydrogen-bond acceptors (Lipinski definition) is 2. The first-order valence-electron chi connectivity index (χ1n) is 6.38. The molecule has 0 atom stereocenters.